The van der Waals surface area contributed by atoms with Crippen molar-refractivity contribution >= 4 is 34.5 Å². The van der Waals surface area contributed by atoms with Crippen LogP contribution < -0.4 is 0 Å². The lowest BCUT2D eigenvalue weighted by Gasteiger charge is -2.28. The van der Waals surface area contributed by atoms with Crippen molar-refractivity contribution < 1.29 is 19.1 Å². The van der Waals surface area contributed by atoms with E-state index in [0.29, 0.717) is 18.7 Å². The quantitative estimate of drug-likeness (QED) is 0.460. The fraction of sp³-hybridized carbons (Fsp3) is 0.360. The van der Waals surface area contributed by atoms with E-state index in [4.69, 9.17) is 9.47 Å². The predicted octanol–water partition coefficient (Wildman–Crippen LogP) is 4.42. The summed E-state index contributed by atoms with van der Waals surface area (Å²) in [4.78, 5) is 31.9. The van der Waals surface area contributed by atoms with E-state index >= 15 is 0 Å². The molecule has 2 aliphatic rings. The van der Waals surface area contributed by atoms with Crippen molar-refractivity contribution in [2.75, 3.05) is 26.0 Å². The van der Waals surface area contributed by atoms with Gasteiger partial charge in [-0.15, -0.1) is 11.8 Å². The van der Waals surface area contributed by atoms with Crippen molar-refractivity contribution in [1.29, 1.82) is 0 Å². The van der Waals surface area contributed by atoms with Crippen LogP contribution in [0, 0.1) is 0 Å². The first-order valence-corrected chi connectivity index (χ1v) is 12.0. The molecule has 2 aliphatic heterocycles. The van der Waals surface area contributed by atoms with E-state index in [1.54, 1.807) is 17.8 Å². The number of ether oxygens (including phenoxy) is 2. The molecule has 1 unspecified atom stereocenters. The van der Waals surface area contributed by atoms with Crippen molar-refractivity contribution in [3.63, 3.8) is 0 Å². The van der Waals surface area contributed by atoms with Crippen molar-refractivity contribution in [3.05, 3.63) is 64.8 Å². The summed E-state index contributed by atoms with van der Waals surface area (Å²) in [6, 6.07) is 13.4. The number of carbonyl (C=O) groups excluding carboxylic acids is 2. The summed E-state index contributed by atoms with van der Waals surface area (Å²) in [5, 5.41) is 0.974. The van der Waals surface area contributed by atoms with Gasteiger partial charge in [-0.1, -0.05) is 12.1 Å². The Morgan fingerprint density at radius 3 is 2.94 bits per heavy atom. The number of aromatic nitrogens is 1. The number of nitrogens with zero attached hydrogens (tertiary/aromatic N) is 1. The highest BCUT2D eigenvalue weighted by Gasteiger charge is 2.27. The minimum absolute atomic E-state index is 0.0459. The highest BCUT2D eigenvalue weighted by Crippen LogP contribution is 2.32. The molecule has 3 aromatic rings. The molecule has 0 bridgehead atoms. The van der Waals surface area contributed by atoms with Crippen LogP contribution >= 0.6 is 11.8 Å². The number of methoxy groups -OCH3 is 1. The molecule has 1 N–H and O–H groups in total. The SMILES string of the molecule is COC(=O)c1ccc2[nH]c3c(c2c1)CN(C(=O)c1ccccc1SCC1CCCO1)CC3. The number of rotatable bonds is 5. The van der Waals surface area contributed by atoms with Crippen LogP contribution in [0.2, 0.25) is 0 Å². The summed E-state index contributed by atoms with van der Waals surface area (Å²) in [5.74, 6) is 0.556. The van der Waals surface area contributed by atoms with Crippen LogP contribution in [0.25, 0.3) is 10.9 Å². The van der Waals surface area contributed by atoms with E-state index < -0.39 is 0 Å². The van der Waals surface area contributed by atoms with Gasteiger partial charge in [0.25, 0.3) is 5.91 Å². The number of amides is 1. The summed E-state index contributed by atoms with van der Waals surface area (Å²) in [6.07, 6.45) is 3.24. The fourth-order valence-corrected chi connectivity index (χ4v) is 5.64. The Balaban J connectivity index is 1.38. The number of fused-ring (bicyclic) bond motifs is 3. The van der Waals surface area contributed by atoms with Gasteiger partial charge >= 0.3 is 5.97 Å². The summed E-state index contributed by atoms with van der Waals surface area (Å²) in [6.45, 7) is 2.01. The van der Waals surface area contributed by atoms with Crippen LogP contribution in [0.5, 0.6) is 0 Å². The molecule has 7 heteroatoms. The summed E-state index contributed by atoms with van der Waals surface area (Å²) in [5.41, 5.74) is 4.45. The summed E-state index contributed by atoms with van der Waals surface area (Å²) < 4.78 is 10.6. The van der Waals surface area contributed by atoms with Gasteiger partial charge in [0.05, 0.1) is 24.3 Å². The second kappa shape index (κ2) is 9.00. The van der Waals surface area contributed by atoms with Gasteiger partial charge in [-0.2, -0.15) is 0 Å². The maximum absolute atomic E-state index is 13.5. The Kier molecular flexibility index (Phi) is 5.93. The van der Waals surface area contributed by atoms with Crippen LogP contribution in [0.15, 0.2) is 47.4 Å². The Bertz CT molecular complexity index is 1170. The third-order valence-electron chi connectivity index (χ3n) is 6.25. The Morgan fingerprint density at radius 1 is 1.25 bits per heavy atom. The smallest absolute Gasteiger partial charge is 0.337 e. The molecule has 5 rings (SSSR count). The molecule has 1 fully saturated rings. The molecule has 0 spiro atoms. The number of nitrogens with one attached hydrogen (secondary N) is 1. The summed E-state index contributed by atoms with van der Waals surface area (Å²) in [7, 11) is 1.38. The van der Waals surface area contributed by atoms with Gasteiger partial charge in [-0.25, -0.2) is 4.79 Å². The second-order valence-electron chi connectivity index (χ2n) is 8.25. The zero-order chi connectivity index (χ0) is 22.1. The molecule has 2 aromatic carbocycles. The monoisotopic (exact) mass is 450 g/mol. The van der Waals surface area contributed by atoms with Gasteiger partial charge < -0.3 is 19.4 Å². The number of hydrogen-bond acceptors (Lipinski definition) is 5. The highest BCUT2D eigenvalue weighted by atomic mass is 32.2. The van der Waals surface area contributed by atoms with E-state index in [2.05, 4.69) is 4.98 Å². The molecule has 0 saturated carbocycles. The maximum atomic E-state index is 13.5. The number of thioether (sulfide) groups is 1. The van der Waals surface area contributed by atoms with E-state index in [-0.39, 0.29) is 18.0 Å². The lowest BCUT2D eigenvalue weighted by molar-refractivity contribution is 0.0600. The highest BCUT2D eigenvalue weighted by molar-refractivity contribution is 7.99. The van der Waals surface area contributed by atoms with Gasteiger partial charge in [-0.05, 0) is 43.2 Å². The van der Waals surface area contributed by atoms with Crippen LogP contribution in [0.4, 0.5) is 0 Å². The third kappa shape index (κ3) is 4.02. The van der Waals surface area contributed by atoms with Gasteiger partial charge in [0.1, 0.15) is 0 Å². The number of carbonyl (C=O) groups is 2. The van der Waals surface area contributed by atoms with Crippen LogP contribution in [-0.2, 0) is 22.4 Å². The standard InChI is InChI=1S/C25H26N2O4S/c1-30-25(29)16-8-9-21-19(13-16)20-14-27(11-10-22(20)26-21)24(28)18-6-2-3-7-23(18)32-15-17-5-4-12-31-17/h2-3,6-9,13,17,26H,4-5,10-12,14-15H2,1H3. The molecule has 1 amide bonds. The number of H-pyrrole nitrogens is 1. The first kappa shape index (κ1) is 21.1. The molecule has 166 valence electrons. The molecule has 32 heavy (non-hydrogen) atoms. The van der Waals surface area contributed by atoms with Crippen molar-refractivity contribution in [2.24, 2.45) is 0 Å². The predicted molar refractivity (Wildman–Crippen MR) is 124 cm³/mol. The number of benzene rings is 2. The Hall–Kier alpha value is -2.77. The lowest BCUT2D eigenvalue weighted by Crippen LogP contribution is -2.36. The summed E-state index contributed by atoms with van der Waals surface area (Å²) >= 11 is 1.70. The molecule has 1 saturated heterocycles. The maximum Gasteiger partial charge on any atom is 0.337 e. The first-order chi connectivity index (χ1) is 15.6. The first-order valence-electron chi connectivity index (χ1n) is 11.0. The van der Waals surface area contributed by atoms with Gasteiger partial charge in [-0.3, -0.25) is 4.79 Å². The minimum Gasteiger partial charge on any atom is -0.465 e. The van der Waals surface area contributed by atoms with E-state index in [1.807, 2.05) is 41.3 Å². The molecule has 1 atom stereocenters. The molecule has 6 nitrogen and oxygen atoms in total. The average molecular weight is 451 g/mol. The van der Waals surface area contributed by atoms with Gasteiger partial charge in [0.2, 0.25) is 0 Å². The van der Waals surface area contributed by atoms with Gasteiger partial charge in [0.15, 0.2) is 0 Å². The lowest BCUT2D eigenvalue weighted by atomic mass is 10.0. The molecule has 3 heterocycles. The van der Waals surface area contributed by atoms with E-state index in [0.717, 1.165) is 64.2 Å². The van der Waals surface area contributed by atoms with Crippen LogP contribution in [0.1, 0.15) is 44.8 Å². The fourth-order valence-electron chi connectivity index (χ4n) is 4.53. The second-order valence-corrected chi connectivity index (χ2v) is 9.31. The normalized spacial score (nSPS) is 18.0. The largest absolute Gasteiger partial charge is 0.465 e. The Labute approximate surface area is 191 Å². The van der Waals surface area contributed by atoms with Gasteiger partial charge in [0, 0.05) is 58.9 Å². The van der Waals surface area contributed by atoms with Crippen LogP contribution in [-0.4, -0.2) is 53.9 Å². The van der Waals surface area contributed by atoms with Crippen molar-refractivity contribution in [1.82, 2.24) is 9.88 Å². The topological polar surface area (TPSA) is 71.6 Å². The number of esters is 1. The minimum atomic E-state index is -0.359. The molecule has 1 aromatic heterocycles. The third-order valence-corrected chi connectivity index (χ3v) is 7.46. The molecular weight excluding hydrogens is 424 g/mol. The zero-order valence-corrected chi connectivity index (χ0v) is 18.9. The number of aromatic amines is 1. The Morgan fingerprint density at radius 2 is 2.12 bits per heavy atom. The molecule has 0 radical (unpaired) electrons. The average Bonchev–Trinajstić information content (AvgIpc) is 3.49. The van der Waals surface area contributed by atoms with Crippen molar-refractivity contribution in [2.45, 2.75) is 36.8 Å². The van der Waals surface area contributed by atoms with E-state index in [1.165, 1.54) is 7.11 Å². The zero-order valence-electron chi connectivity index (χ0n) is 18.1. The van der Waals surface area contributed by atoms with E-state index in [9.17, 15) is 9.59 Å². The molecular formula is C25H26N2O4S. The number of hydrogen-bond donors (Lipinski definition) is 1. The van der Waals surface area contributed by atoms with Crippen LogP contribution in [0.3, 0.4) is 0 Å². The van der Waals surface area contributed by atoms with Crippen molar-refractivity contribution in [3.8, 4) is 0 Å². The molecule has 0 aliphatic carbocycles.